The van der Waals surface area contributed by atoms with Crippen LogP contribution in [0.25, 0.3) is 0 Å². The Balaban J connectivity index is 0.00000200. The predicted octanol–water partition coefficient (Wildman–Crippen LogP) is -2.01. The van der Waals surface area contributed by atoms with Gasteiger partial charge in [0, 0.05) is 13.0 Å². The van der Waals surface area contributed by atoms with Crippen molar-refractivity contribution in [1.82, 2.24) is 14.8 Å². The maximum atomic E-state index is 11.0. The van der Waals surface area contributed by atoms with E-state index in [0.29, 0.717) is 18.8 Å². The van der Waals surface area contributed by atoms with Crippen LogP contribution < -0.4 is 51.4 Å². The number of rotatable bonds is 5. The van der Waals surface area contributed by atoms with Gasteiger partial charge >= 0.3 is 51.4 Å². The number of hydrogen-bond acceptors (Lipinski definition) is 5. The Morgan fingerprint density at radius 2 is 1.80 bits per heavy atom. The Hall–Kier alpha value is -0.0936. The van der Waals surface area contributed by atoms with E-state index in [4.69, 9.17) is 0 Å². The Morgan fingerprint density at radius 1 is 1.15 bits per heavy atom. The van der Waals surface area contributed by atoms with Gasteiger partial charge in [0.1, 0.15) is 5.82 Å². The molecule has 2 aromatic rings. The Morgan fingerprint density at radius 3 is 2.35 bits per heavy atom. The second-order valence-electron chi connectivity index (χ2n) is 4.08. The quantitative estimate of drug-likeness (QED) is 0.469. The van der Waals surface area contributed by atoms with Gasteiger partial charge in [0.25, 0.3) is 0 Å². The molecule has 0 aliphatic carbocycles. The van der Waals surface area contributed by atoms with Gasteiger partial charge in [-0.1, -0.05) is 30.3 Å². The van der Waals surface area contributed by atoms with E-state index in [1.165, 1.54) is 4.57 Å². The van der Waals surface area contributed by atoms with Crippen LogP contribution in [0.4, 0.5) is 0 Å². The number of nitrogens with zero attached hydrogens (tertiary/aromatic N) is 3. The standard InChI is InChI=1S/C12H15N3O3S.K/c1-2-15-11(13-14-12(15)19(16,17)18)9-8-10-6-4-3-5-7-10;/h3-7H,2,8-9H2,1H3,(H,16,17,18);/q;+1/p-1. The van der Waals surface area contributed by atoms with Gasteiger partial charge in [-0.3, -0.25) is 0 Å². The summed E-state index contributed by atoms with van der Waals surface area (Å²) in [5, 5.41) is 6.78. The van der Waals surface area contributed by atoms with E-state index in [1.54, 1.807) is 6.92 Å². The number of hydrogen-bond donors (Lipinski definition) is 0. The van der Waals surface area contributed by atoms with Crippen LogP contribution in [0, 0.1) is 0 Å². The van der Waals surface area contributed by atoms with Crippen LogP contribution in [-0.2, 0) is 29.5 Å². The Bertz CT molecular complexity index is 656. The second-order valence-corrected chi connectivity index (χ2v) is 5.36. The Kier molecular flexibility index (Phi) is 6.99. The molecule has 0 aliphatic rings. The van der Waals surface area contributed by atoms with E-state index in [0.717, 1.165) is 12.0 Å². The molecule has 6 nitrogen and oxygen atoms in total. The van der Waals surface area contributed by atoms with Gasteiger partial charge in [-0.15, -0.1) is 10.2 Å². The smallest absolute Gasteiger partial charge is 0.742 e. The van der Waals surface area contributed by atoms with Crippen molar-refractivity contribution in [3.05, 3.63) is 41.7 Å². The minimum Gasteiger partial charge on any atom is -0.742 e. The maximum Gasteiger partial charge on any atom is 1.00 e. The summed E-state index contributed by atoms with van der Waals surface area (Å²) in [5.41, 5.74) is 1.12. The number of aromatic nitrogens is 3. The van der Waals surface area contributed by atoms with Crippen molar-refractivity contribution in [3.8, 4) is 0 Å². The molecule has 1 heterocycles. The van der Waals surface area contributed by atoms with E-state index in [-0.39, 0.29) is 51.4 Å². The molecule has 1 aromatic carbocycles. The summed E-state index contributed by atoms with van der Waals surface area (Å²) in [6.07, 6.45) is 1.26. The van der Waals surface area contributed by atoms with Crippen LogP contribution >= 0.6 is 0 Å². The first-order chi connectivity index (χ1) is 9.02. The number of aryl methyl sites for hydroxylation is 2. The van der Waals surface area contributed by atoms with E-state index in [1.807, 2.05) is 30.3 Å². The van der Waals surface area contributed by atoms with Gasteiger partial charge in [0.2, 0.25) is 5.16 Å². The zero-order valence-corrected chi connectivity index (χ0v) is 15.4. The second kappa shape index (κ2) is 7.78. The molecule has 20 heavy (non-hydrogen) atoms. The third kappa shape index (κ3) is 4.45. The summed E-state index contributed by atoms with van der Waals surface area (Å²) in [7, 11) is -4.57. The maximum absolute atomic E-state index is 11.0. The third-order valence-electron chi connectivity index (χ3n) is 2.81. The van der Waals surface area contributed by atoms with Crippen molar-refractivity contribution in [1.29, 1.82) is 0 Å². The van der Waals surface area contributed by atoms with Gasteiger partial charge in [0.15, 0.2) is 10.1 Å². The van der Waals surface area contributed by atoms with E-state index in [9.17, 15) is 13.0 Å². The monoisotopic (exact) mass is 319 g/mol. The SMILES string of the molecule is CCn1c(CCc2ccccc2)nnc1S(=O)(=O)[O-].[K+]. The number of benzene rings is 1. The van der Waals surface area contributed by atoms with Crippen LogP contribution in [0.3, 0.4) is 0 Å². The molecule has 0 atom stereocenters. The van der Waals surface area contributed by atoms with Gasteiger partial charge in [-0.2, -0.15) is 0 Å². The molecule has 8 heteroatoms. The fraction of sp³-hybridized carbons (Fsp3) is 0.333. The first-order valence-corrected chi connectivity index (χ1v) is 7.35. The molecule has 0 bridgehead atoms. The van der Waals surface area contributed by atoms with E-state index < -0.39 is 15.3 Å². The summed E-state index contributed by atoms with van der Waals surface area (Å²) in [6.45, 7) is 2.11. The average Bonchev–Trinajstić information content (AvgIpc) is 2.80. The Labute approximate surface area is 160 Å². The van der Waals surface area contributed by atoms with Crippen molar-refractivity contribution in [3.63, 3.8) is 0 Å². The summed E-state index contributed by atoms with van der Waals surface area (Å²) in [4.78, 5) is 0. The van der Waals surface area contributed by atoms with Crippen molar-refractivity contribution < 1.29 is 64.4 Å². The summed E-state index contributed by atoms with van der Waals surface area (Å²) < 4.78 is 34.4. The van der Waals surface area contributed by atoms with Crippen molar-refractivity contribution in [2.75, 3.05) is 0 Å². The van der Waals surface area contributed by atoms with Crippen LogP contribution in [0.2, 0.25) is 0 Å². The summed E-state index contributed by atoms with van der Waals surface area (Å²) in [5.74, 6) is 0.515. The largest absolute Gasteiger partial charge is 1.00 e. The van der Waals surface area contributed by atoms with Crippen LogP contribution in [0.5, 0.6) is 0 Å². The molecule has 0 spiro atoms. The predicted molar refractivity (Wildman–Crippen MR) is 67.5 cm³/mol. The molecule has 0 fully saturated rings. The topological polar surface area (TPSA) is 87.9 Å². The normalized spacial score (nSPS) is 11.1. The van der Waals surface area contributed by atoms with Gasteiger partial charge in [-0.05, 0) is 18.9 Å². The van der Waals surface area contributed by atoms with Crippen molar-refractivity contribution in [2.24, 2.45) is 0 Å². The molecule has 0 radical (unpaired) electrons. The average molecular weight is 319 g/mol. The molecule has 0 N–H and O–H groups in total. The van der Waals surface area contributed by atoms with Crippen molar-refractivity contribution in [2.45, 2.75) is 31.5 Å². The molecule has 0 amide bonds. The summed E-state index contributed by atoms with van der Waals surface area (Å²) in [6, 6.07) is 9.77. The van der Waals surface area contributed by atoms with Gasteiger partial charge in [0.05, 0.1) is 0 Å². The minimum absolute atomic E-state index is 0. The molecule has 0 saturated heterocycles. The molecular weight excluding hydrogens is 305 g/mol. The van der Waals surface area contributed by atoms with E-state index >= 15 is 0 Å². The zero-order chi connectivity index (χ0) is 13.9. The first-order valence-electron chi connectivity index (χ1n) is 5.94. The molecule has 0 unspecified atom stereocenters. The molecule has 2 rings (SSSR count). The fourth-order valence-electron chi connectivity index (χ4n) is 1.91. The first kappa shape index (κ1) is 18.0. The molecule has 102 valence electrons. The zero-order valence-electron chi connectivity index (χ0n) is 11.5. The van der Waals surface area contributed by atoms with Crippen molar-refractivity contribution >= 4 is 10.1 Å². The third-order valence-corrected chi connectivity index (χ3v) is 3.56. The van der Waals surface area contributed by atoms with Crippen LogP contribution in [0.1, 0.15) is 18.3 Å². The molecule has 0 aliphatic heterocycles. The van der Waals surface area contributed by atoms with Gasteiger partial charge < -0.3 is 9.12 Å². The summed E-state index contributed by atoms with van der Waals surface area (Å²) >= 11 is 0. The van der Waals surface area contributed by atoms with E-state index in [2.05, 4.69) is 10.2 Å². The van der Waals surface area contributed by atoms with Gasteiger partial charge in [-0.25, -0.2) is 8.42 Å². The fourth-order valence-corrected chi connectivity index (χ4v) is 2.55. The van der Waals surface area contributed by atoms with Crippen LogP contribution in [-0.4, -0.2) is 27.7 Å². The molecule has 1 aromatic heterocycles. The minimum atomic E-state index is -4.57. The van der Waals surface area contributed by atoms with Crippen LogP contribution in [0.15, 0.2) is 35.5 Å². The molecular formula is C12H14KN3O3S. The molecule has 0 saturated carbocycles.